The van der Waals surface area contributed by atoms with Gasteiger partial charge in [0.05, 0.1) is 13.0 Å². The third-order valence-corrected chi connectivity index (χ3v) is 4.45. The largest absolute Gasteiger partial charge is 0.496 e. The number of ether oxygens (including phenoxy) is 1. The smallest absolute Gasteiger partial charge is 0.235 e. The van der Waals surface area contributed by atoms with Gasteiger partial charge in [-0.25, -0.2) is 13.4 Å². The van der Waals surface area contributed by atoms with Crippen LogP contribution in [0.15, 0.2) is 35.6 Å². The van der Waals surface area contributed by atoms with Crippen LogP contribution in [0.2, 0.25) is 0 Å². The SMILES string of the molecule is C=C1C(CCl)=C(OC)C=CC1S(=O)(=O)NN(C)C. The lowest BCUT2D eigenvalue weighted by Gasteiger charge is -2.25. The van der Waals surface area contributed by atoms with Crippen molar-refractivity contribution in [3.8, 4) is 0 Å². The van der Waals surface area contributed by atoms with Crippen LogP contribution in [0, 0.1) is 0 Å². The van der Waals surface area contributed by atoms with Crippen molar-refractivity contribution in [2.45, 2.75) is 5.25 Å². The molecule has 0 spiro atoms. The first-order valence-corrected chi connectivity index (χ1v) is 7.30. The van der Waals surface area contributed by atoms with Crippen LogP contribution >= 0.6 is 11.6 Å². The van der Waals surface area contributed by atoms with Crippen molar-refractivity contribution in [3.05, 3.63) is 35.6 Å². The Morgan fingerprint density at radius 3 is 2.61 bits per heavy atom. The Balaban J connectivity index is 3.09. The molecule has 0 saturated heterocycles. The third-order valence-electron chi connectivity index (χ3n) is 2.45. The molecule has 1 aliphatic carbocycles. The monoisotopic (exact) mass is 292 g/mol. The topological polar surface area (TPSA) is 58.6 Å². The molecule has 102 valence electrons. The molecule has 1 N–H and O–H groups in total. The molecule has 1 rings (SSSR count). The zero-order chi connectivity index (χ0) is 13.9. The summed E-state index contributed by atoms with van der Waals surface area (Å²) < 4.78 is 29.3. The van der Waals surface area contributed by atoms with Crippen molar-refractivity contribution in [3.63, 3.8) is 0 Å². The van der Waals surface area contributed by atoms with E-state index in [4.69, 9.17) is 16.3 Å². The molecule has 1 unspecified atom stereocenters. The van der Waals surface area contributed by atoms with Crippen LogP contribution in [0.3, 0.4) is 0 Å². The minimum atomic E-state index is -3.57. The molecule has 7 heteroatoms. The molecule has 18 heavy (non-hydrogen) atoms. The quantitative estimate of drug-likeness (QED) is 0.607. The second-order valence-electron chi connectivity index (χ2n) is 4.02. The lowest BCUT2D eigenvalue weighted by atomic mass is 9.99. The molecule has 0 aromatic rings. The fourth-order valence-corrected chi connectivity index (χ4v) is 3.39. The van der Waals surface area contributed by atoms with Crippen molar-refractivity contribution in [2.75, 3.05) is 27.1 Å². The summed E-state index contributed by atoms with van der Waals surface area (Å²) in [5.41, 5.74) is 1.04. The van der Waals surface area contributed by atoms with Crippen LogP contribution in [-0.2, 0) is 14.8 Å². The van der Waals surface area contributed by atoms with Gasteiger partial charge in [-0.05, 0) is 11.6 Å². The number of methoxy groups -OCH3 is 1. The molecule has 0 aromatic heterocycles. The molecular formula is C11H17ClN2O3S. The number of hydrogen-bond donors (Lipinski definition) is 1. The molecule has 0 saturated carbocycles. The Morgan fingerprint density at radius 1 is 1.56 bits per heavy atom. The maximum atomic E-state index is 12.1. The van der Waals surface area contributed by atoms with Gasteiger partial charge in [-0.2, -0.15) is 0 Å². The fraction of sp³-hybridized carbons (Fsp3) is 0.455. The van der Waals surface area contributed by atoms with E-state index in [1.807, 2.05) is 0 Å². The molecule has 0 aliphatic heterocycles. The second-order valence-corrected chi connectivity index (χ2v) is 6.06. The van der Waals surface area contributed by atoms with Gasteiger partial charge in [0.15, 0.2) is 0 Å². The Bertz CT molecular complexity index is 494. The van der Waals surface area contributed by atoms with Crippen LogP contribution in [0.25, 0.3) is 0 Å². The molecule has 1 atom stereocenters. The van der Waals surface area contributed by atoms with E-state index >= 15 is 0 Å². The van der Waals surface area contributed by atoms with Gasteiger partial charge in [0.1, 0.15) is 11.0 Å². The molecule has 0 heterocycles. The highest BCUT2D eigenvalue weighted by atomic mass is 35.5. The number of alkyl halides is 1. The second kappa shape index (κ2) is 5.88. The highest BCUT2D eigenvalue weighted by Gasteiger charge is 2.31. The molecule has 5 nitrogen and oxygen atoms in total. The minimum absolute atomic E-state index is 0.153. The lowest BCUT2D eigenvalue weighted by molar-refractivity contribution is 0.302. The number of nitrogens with zero attached hydrogens (tertiary/aromatic N) is 1. The van der Waals surface area contributed by atoms with Crippen LogP contribution in [0.5, 0.6) is 0 Å². The average molecular weight is 293 g/mol. The highest BCUT2D eigenvalue weighted by molar-refractivity contribution is 7.90. The van der Waals surface area contributed by atoms with Crippen molar-refractivity contribution in [1.82, 2.24) is 9.84 Å². The number of hydrogen-bond acceptors (Lipinski definition) is 4. The maximum absolute atomic E-state index is 12.1. The molecule has 0 fully saturated rings. The average Bonchev–Trinajstić information content (AvgIpc) is 2.26. The molecule has 0 aromatic carbocycles. The van der Waals surface area contributed by atoms with Crippen molar-refractivity contribution >= 4 is 21.6 Å². The van der Waals surface area contributed by atoms with Crippen molar-refractivity contribution in [1.29, 1.82) is 0 Å². The normalized spacial score (nSPS) is 20.7. The van der Waals surface area contributed by atoms with Crippen molar-refractivity contribution in [2.24, 2.45) is 0 Å². The van der Waals surface area contributed by atoms with Gasteiger partial charge in [0, 0.05) is 19.7 Å². The van der Waals surface area contributed by atoms with E-state index in [0.29, 0.717) is 16.9 Å². The van der Waals surface area contributed by atoms with Crippen LogP contribution in [-0.4, -0.2) is 45.8 Å². The summed E-state index contributed by atoms with van der Waals surface area (Å²) in [5.74, 6) is 0.701. The van der Waals surface area contributed by atoms with Gasteiger partial charge in [0.2, 0.25) is 10.0 Å². The van der Waals surface area contributed by atoms with Gasteiger partial charge in [-0.3, -0.25) is 0 Å². The first-order valence-electron chi connectivity index (χ1n) is 5.22. The van der Waals surface area contributed by atoms with Gasteiger partial charge >= 0.3 is 0 Å². The first-order chi connectivity index (χ1) is 8.33. The number of halogens is 1. The van der Waals surface area contributed by atoms with Crippen LogP contribution in [0.4, 0.5) is 0 Å². The lowest BCUT2D eigenvalue weighted by Crippen LogP contribution is -2.43. The summed E-state index contributed by atoms with van der Waals surface area (Å²) in [6.07, 6.45) is 3.13. The van der Waals surface area contributed by atoms with Gasteiger partial charge < -0.3 is 4.74 Å². The number of nitrogens with one attached hydrogen (secondary N) is 1. The fourth-order valence-electron chi connectivity index (χ4n) is 1.67. The summed E-state index contributed by atoms with van der Waals surface area (Å²) >= 11 is 5.81. The number of sulfonamides is 1. The zero-order valence-electron chi connectivity index (χ0n) is 10.6. The minimum Gasteiger partial charge on any atom is -0.496 e. The van der Waals surface area contributed by atoms with E-state index in [1.165, 1.54) is 18.2 Å². The van der Waals surface area contributed by atoms with E-state index in [1.54, 1.807) is 20.2 Å². The van der Waals surface area contributed by atoms with E-state index < -0.39 is 15.3 Å². The van der Waals surface area contributed by atoms with Crippen LogP contribution < -0.4 is 4.83 Å². The molecule has 0 bridgehead atoms. The Kier molecular flexibility index (Phi) is 4.98. The van der Waals surface area contributed by atoms with E-state index in [9.17, 15) is 8.42 Å². The molecule has 1 aliphatic rings. The number of rotatable bonds is 5. The van der Waals surface area contributed by atoms with Gasteiger partial charge in [-0.1, -0.05) is 12.7 Å². The van der Waals surface area contributed by atoms with Gasteiger partial charge in [0.25, 0.3) is 0 Å². The first kappa shape index (κ1) is 15.2. The Hall–Kier alpha value is -0.820. The predicted octanol–water partition coefficient (Wildman–Crippen LogP) is 1.02. The molecule has 0 radical (unpaired) electrons. The summed E-state index contributed by atoms with van der Waals surface area (Å²) in [7, 11) is 1.15. The predicted molar refractivity (Wildman–Crippen MR) is 72.6 cm³/mol. The summed E-state index contributed by atoms with van der Waals surface area (Å²) in [6, 6.07) is 0. The number of allylic oxidation sites excluding steroid dienone is 2. The number of hydrazine groups is 1. The molecular weight excluding hydrogens is 276 g/mol. The standard InChI is InChI=1S/C11H17ClN2O3S/c1-8-9(7-12)10(17-4)5-6-11(8)18(15,16)13-14(2)3/h5-6,11,13H,1,7H2,2-4H3. The Morgan fingerprint density at radius 2 is 2.17 bits per heavy atom. The van der Waals surface area contributed by atoms with Gasteiger partial charge in [-0.15, -0.1) is 16.4 Å². The van der Waals surface area contributed by atoms with E-state index in [0.717, 1.165) is 0 Å². The maximum Gasteiger partial charge on any atom is 0.235 e. The van der Waals surface area contributed by atoms with E-state index in [-0.39, 0.29) is 5.88 Å². The Labute approximate surface area is 113 Å². The third kappa shape index (κ3) is 3.14. The van der Waals surface area contributed by atoms with Crippen LogP contribution in [0.1, 0.15) is 0 Å². The highest BCUT2D eigenvalue weighted by Crippen LogP contribution is 2.28. The summed E-state index contributed by atoms with van der Waals surface area (Å²) in [4.78, 5) is 2.38. The zero-order valence-corrected chi connectivity index (χ0v) is 12.2. The van der Waals surface area contributed by atoms with E-state index in [2.05, 4.69) is 11.4 Å². The van der Waals surface area contributed by atoms with Crippen molar-refractivity contribution < 1.29 is 13.2 Å². The summed E-state index contributed by atoms with van der Waals surface area (Å²) in [6.45, 7) is 3.81. The summed E-state index contributed by atoms with van der Waals surface area (Å²) in [5, 5.41) is 0.527. The molecule has 0 amide bonds.